The minimum atomic E-state index is -4.99. The molecular weight excluding hydrogens is 656 g/mol. The molecule has 1 aliphatic heterocycles. The van der Waals surface area contributed by atoms with Gasteiger partial charge in [-0.25, -0.2) is 9.78 Å². The third-order valence-corrected chi connectivity index (χ3v) is 8.40. The molecule has 0 spiro atoms. The van der Waals surface area contributed by atoms with Crippen molar-refractivity contribution in [2.45, 2.75) is 44.8 Å². The smallest absolute Gasteiger partial charge is 0.418 e. The molecule has 18 heteroatoms. The number of carbonyl (C=O) groups is 3. The molecule has 2 atom stereocenters. The molecule has 2 unspecified atom stereocenters. The SMILES string of the molecule is CC1(C)C(CC(=O)/C(=N\OC(COc2ccc3nc(CCC[N+](C)(C)C)ccc3c2)C(=O)O)c2csc(N)n2)C(=O)N1OS(=O)(=O)O. The molecule has 4 N–H and O–H groups in total. The molecule has 254 valence electrons. The van der Waals surface area contributed by atoms with E-state index < -0.39 is 64.4 Å². The predicted octanol–water partition coefficient (Wildman–Crippen LogP) is 2.10. The van der Waals surface area contributed by atoms with Crippen LogP contribution in [0.2, 0.25) is 0 Å². The summed E-state index contributed by atoms with van der Waals surface area (Å²) >= 11 is 0.992. The number of aromatic nitrogens is 2. The number of Topliss-reactive ketones (excluding diaryl/α,β-unsaturated/α-hetero) is 1. The van der Waals surface area contributed by atoms with Gasteiger partial charge in [0.15, 0.2) is 16.6 Å². The number of amides is 1. The van der Waals surface area contributed by atoms with Gasteiger partial charge in [0, 0.05) is 29.3 Å². The first kappa shape index (κ1) is 35.6. The third kappa shape index (κ3) is 9.19. The number of carboxylic acid groups (broad SMARTS) is 1. The van der Waals surface area contributed by atoms with Crippen molar-refractivity contribution in [3.63, 3.8) is 0 Å². The van der Waals surface area contributed by atoms with Crippen molar-refractivity contribution in [1.82, 2.24) is 15.0 Å². The van der Waals surface area contributed by atoms with Crippen molar-refractivity contribution in [2.75, 3.05) is 40.0 Å². The predicted molar refractivity (Wildman–Crippen MR) is 171 cm³/mol. The van der Waals surface area contributed by atoms with E-state index in [0.29, 0.717) is 10.8 Å². The van der Waals surface area contributed by atoms with Gasteiger partial charge in [-0.2, -0.15) is 13.5 Å². The number of carboxylic acids is 1. The van der Waals surface area contributed by atoms with E-state index in [9.17, 15) is 27.9 Å². The average Bonchev–Trinajstić information content (AvgIpc) is 3.40. The lowest BCUT2D eigenvalue weighted by Gasteiger charge is -2.50. The zero-order valence-electron chi connectivity index (χ0n) is 26.4. The number of nitrogens with two attached hydrogens (primary N) is 1. The first-order chi connectivity index (χ1) is 21.8. The maximum atomic E-state index is 13.3. The van der Waals surface area contributed by atoms with Crippen LogP contribution in [0.5, 0.6) is 5.75 Å². The maximum Gasteiger partial charge on any atom is 0.418 e. The average molecular weight is 694 g/mol. The number of ketones is 1. The molecule has 1 saturated heterocycles. The Balaban J connectivity index is 1.45. The van der Waals surface area contributed by atoms with Crippen LogP contribution in [0, 0.1) is 5.92 Å². The molecule has 3 aromatic rings. The van der Waals surface area contributed by atoms with Crippen LogP contribution in [-0.4, -0.2) is 107 Å². The summed E-state index contributed by atoms with van der Waals surface area (Å²) in [5, 5.41) is 16.3. The molecule has 0 aliphatic carbocycles. The van der Waals surface area contributed by atoms with Gasteiger partial charge in [0.05, 0.1) is 44.7 Å². The van der Waals surface area contributed by atoms with E-state index in [1.165, 1.54) is 19.2 Å². The number of anilines is 1. The number of hydroxylamine groups is 2. The minimum absolute atomic E-state index is 0.0166. The number of carbonyl (C=O) groups excluding carboxylic acids is 2. The Hall–Kier alpha value is -4.23. The van der Waals surface area contributed by atoms with Gasteiger partial charge in [-0.1, -0.05) is 11.2 Å². The molecule has 47 heavy (non-hydrogen) atoms. The van der Waals surface area contributed by atoms with E-state index >= 15 is 0 Å². The van der Waals surface area contributed by atoms with E-state index in [4.69, 9.17) is 24.8 Å². The van der Waals surface area contributed by atoms with Gasteiger partial charge in [-0.3, -0.25) is 19.1 Å². The zero-order chi connectivity index (χ0) is 34.7. The Bertz CT molecular complexity index is 1800. The maximum absolute atomic E-state index is 13.3. The fraction of sp³-hybridized carbons (Fsp3) is 0.448. The van der Waals surface area contributed by atoms with E-state index in [-0.39, 0.29) is 10.8 Å². The summed E-state index contributed by atoms with van der Waals surface area (Å²) in [6.07, 6.45) is -0.303. The topological polar surface area (TPSA) is 221 Å². The summed E-state index contributed by atoms with van der Waals surface area (Å²) < 4.78 is 42.1. The highest BCUT2D eigenvalue weighted by Crippen LogP contribution is 2.40. The van der Waals surface area contributed by atoms with Crippen LogP contribution < -0.4 is 10.5 Å². The van der Waals surface area contributed by atoms with Crippen LogP contribution >= 0.6 is 11.3 Å². The van der Waals surface area contributed by atoms with Crippen molar-refractivity contribution >= 4 is 61.1 Å². The van der Waals surface area contributed by atoms with Gasteiger partial charge in [0.1, 0.15) is 18.1 Å². The van der Waals surface area contributed by atoms with Gasteiger partial charge in [0.2, 0.25) is 0 Å². The second-order valence-corrected chi connectivity index (χ2v) is 14.4. The molecule has 0 radical (unpaired) electrons. The number of ether oxygens (including phenoxy) is 1. The number of fused-ring (bicyclic) bond motifs is 1. The zero-order valence-corrected chi connectivity index (χ0v) is 28.1. The largest absolute Gasteiger partial charge is 0.489 e. The fourth-order valence-corrected chi connectivity index (χ4v) is 5.83. The standard InChI is InChI=1S/C29H36N6O10S2/c1-29(2)20(26(37)34(29)45-47(40,41)42)14-23(36)25(22-16-46-28(30)32-22)33-44-24(27(38)39)15-43-19-10-11-21-17(13-19)8-9-18(31-21)7-6-12-35(3,4)5/h8-11,13,16,20,24H,6-7,12,14-15H2,1-5H3,(H3-,30,32,38,39,40,41,42)/p+1/b33-25-. The number of aliphatic carboxylic acids is 1. The quantitative estimate of drug-likeness (QED) is 0.0644. The van der Waals surface area contributed by atoms with Crippen molar-refractivity contribution in [1.29, 1.82) is 0 Å². The van der Waals surface area contributed by atoms with E-state index in [2.05, 4.69) is 35.6 Å². The summed E-state index contributed by atoms with van der Waals surface area (Å²) in [6.45, 7) is 3.40. The molecule has 1 aliphatic rings. The number of thiazole rings is 1. The van der Waals surface area contributed by atoms with Crippen molar-refractivity contribution in [3.05, 3.63) is 47.1 Å². The number of quaternary nitrogens is 1. The van der Waals surface area contributed by atoms with Crippen LogP contribution in [0.15, 0.2) is 40.9 Å². The highest BCUT2D eigenvalue weighted by atomic mass is 32.3. The lowest BCUT2D eigenvalue weighted by Crippen LogP contribution is -2.68. The third-order valence-electron chi connectivity index (χ3n) is 7.39. The molecule has 4 rings (SSSR count). The molecule has 1 aromatic carbocycles. The van der Waals surface area contributed by atoms with E-state index in [0.717, 1.165) is 51.8 Å². The summed E-state index contributed by atoms with van der Waals surface area (Å²) in [4.78, 5) is 51.9. The van der Waals surface area contributed by atoms with Crippen molar-refractivity contribution < 1.29 is 50.8 Å². The highest BCUT2D eigenvalue weighted by molar-refractivity contribution is 7.80. The first-order valence-electron chi connectivity index (χ1n) is 14.4. The normalized spacial score (nSPS) is 17.3. The second kappa shape index (κ2) is 13.9. The fourth-order valence-electron chi connectivity index (χ4n) is 4.83. The summed E-state index contributed by atoms with van der Waals surface area (Å²) in [6, 6.07) is 9.02. The van der Waals surface area contributed by atoms with E-state index in [1.54, 1.807) is 18.2 Å². The number of hydrogen-bond donors (Lipinski definition) is 3. The lowest BCUT2D eigenvalue weighted by molar-refractivity contribution is -0.870. The van der Waals surface area contributed by atoms with Gasteiger partial charge >= 0.3 is 16.4 Å². The van der Waals surface area contributed by atoms with Gasteiger partial charge in [0.25, 0.3) is 12.0 Å². The molecule has 2 aromatic heterocycles. The monoisotopic (exact) mass is 693 g/mol. The molecule has 1 amide bonds. The molecule has 3 heterocycles. The number of hydrogen-bond acceptors (Lipinski definition) is 13. The summed E-state index contributed by atoms with van der Waals surface area (Å²) in [5.74, 6) is -3.78. The van der Waals surface area contributed by atoms with Crippen LogP contribution in [0.25, 0.3) is 10.9 Å². The number of aryl methyl sites for hydroxylation is 1. The van der Waals surface area contributed by atoms with Crippen LogP contribution in [-0.2, 0) is 40.3 Å². The van der Waals surface area contributed by atoms with Crippen molar-refractivity contribution in [2.24, 2.45) is 11.1 Å². The number of pyridine rings is 1. The number of nitrogens with zero attached hydrogens (tertiary/aromatic N) is 5. The molecule has 1 fully saturated rings. The van der Waals surface area contributed by atoms with Gasteiger partial charge in [-0.05, 0) is 44.5 Å². The Morgan fingerprint density at radius 1 is 1.19 bits per heavy atom. The Labute approximate surface area is 275 Å². The molecular formula is C29H37N6O10S2+. The van der Waals surface area contributed by atoms with Crippen molar-refractivity contribution in [3.8, 4) is 5.75 Å². The Morgan fingerprint density at radius 2 is 1.91 bits per heavy atom. The lowest BCUT2D eigenvalue weighted by atomic mass is 9.74. The van der Waals surface area contributed by atoms with Crippen LogP contribution in [0.4, 0.5) is 5.13 Å². The summed E-state index contributed by atoms with van der Waals surface area (Å²) in [5.41, 5.74) is 5.72. The number of rotatable bonds is 16. The number of nitrogen functional groups attached to an aromatic ring is 1. The number of benzene rings is 1. The van der Waals surface area contributed by atoms with Gasteiger partial charge < -0.3 is 24.9 Å². The molecule has 16 nitrogen and oxygen atoms in total. The van der Waals surface area contributed by atoms with Crippen LogP contribution in [0.3, 0.4) is 0 Å². The number of oxime groups is 1. The minimum Gasteiger partial charge on any atom is -0.489 e. The molecule has 0 saturated carbocycles. The van der Waals surface area contributed by atoms with Gasteiger partial charge in [-0.15, -0.1) is 15.6 Å². The Kier molecular flexibility index (Phi) is 10.5. The van der Waals surface area contributed by atoms with E-state index in [1.807, 2.05) is 12.1 Å². The van der Waals surface area contributed by atoms with Crippen LogP contribution in [0.1, 0.15) is 38.1 Å². The number of β-lactam (4-membered cyclic amide) rings is 1. The highest BCUT2D eigenvalue weighted by Gasteiger charge is 2.57. The first-order valence-corrected chi connectivity index (χ1v) is 16.6. The Morgan fingerprint density at radius 3 is 2.51 bits per heavy atom. The second-order valence-electron chi connectivity index (χ2n) is 12.5. The molecule has 0 bridgehead atoms. The summed E-state index contributed by atoms with van der Waals surface area (Å²) in [7, 11) is 1.43.